The lowest BCUT2D eigenvalue weighted by Gasteiger charge is -2.34. The quantitative estimate of drug-likeness (QED) is 0.211. The number of carbonyl (C=O) groups is 6. The van der Waals surface area contributed by atoms with Crippen LogP contribution in [0.3, 0.4) is 0 Å². The van der Waals surface area contributed by atoms with Crippen molar-refractivity contribution in [2.24, 2.45) is 5.73 Å². The third kappa shape index (κ3) is 5.28. The summed E-state index contributed by atoms with van der Waals surface area (Å²) in [6, 6.07) is 14.6. The zero-order valence-electron chi connectivity index (χ0n) is 24.8. The van der Waals surface area contributed by atoms with Crippen molar-refractivity contribution in [3.8, 4) is 0 Å². The second-order valence-corrected chi connectivity index (χ2v) is 12.0. The van der Waals surface area contributed by atoms with Crippen LogP contribution in [0.1, 0.15) is 62.5 Å². The van der Waals surface area contributed by atoms with Gasteiger partial charge < -0.3 is 20.5 Å². The minimum atomic E-state index is -1.73. The Morgan fingerprint density at radius 1 is 1.02 bits per heavy atom. The number of nitrogens with two attached hydrogens (primary N) is 1. The number of aromatic nitrogens is 2. The van der Waals surface area contributed by atoms with E-state index in [1.807, 2.05) is 12.1 Å². The Morgan fingerprint density at radius 3 is 2.40 bits per heavy atom. The smallest absolute Gasteiger partial charge is 0.303 e. The molecule has 4 aromatic rings. The van der Waals surface area contributed by atoms with Crippen molar-refractivity contribution in [2.45, 2.75) is 37.9 Å². The molecule has 0 spiro atoms. The number of ether oxygens (including phenoxy) is 2. The normalized spacial score (nSPS) is 18.3. The number of esters is 1. The summed E-state index contributed by atoms with van der Waals surface area (Å²) in [7, 11) is 0. The number of benzene rings is 2. The molecule has 1 aliphatic carbocycles. The van der Waals surface area contributed by atoms with Gasteiger partial charge in [-0.15, -0.1) is 0 Å². The van der Waals surface area contributed by atoms with E-state index in [1.54, 1.807) is 18.2 Å². The number of pyridine rings is 1. The number of primary amides is 1. The first-order valence-corrected chi connectivity index (χ1v) is 15.5. The largest absolute Gasteiger partial charge is 0.449 e. The minimum absolute atomic E-state index is 0.00928. The van der Waals surface area contributed by atoms with E-state index in [4.69, 9.17) is 15.2 Å². The predicted molar refractivity (Wildman–Crippen MR) is 168 cm³/mol. The van der Waals surface area contributed by atoms with Gasteiger partial charge in [-0.1, -0.05) is 18.2 Å². The lowest BCUT2D eigenvalue weighted by Crippen LogP contribution is -2.56. The Balaban J connectivity index is 1.18. The van der Waals surface area contributed by atoms with Gasteiger partial charge in [-0.25, -0.2) is 9.88 Å². The number of carbonyl (C=O) groups excluding carboxylic acids is 6. The molecule has 2 fully saturated rings. The number of hydrogen-bond donors (Lipinski definition) is 2. The van der Waals surface area contributed by atoms with Crippen LogP contribution in [-0.2, 0) is 23.9 Å². The number of imide groups is 1. The van der Waals surface area contributed by atoms with Gasteiger partial charge >= 0.3 is 5.97 Å². The average Bonchev–Trinajstić information content (AvgIpc) is 3.78. The minimum Gasteiger partial charge on any atom is -0.449 e. The van der Waals surface area contributed by atoms with Crippen LogP contribution in [-0.4, -0.2) is 70.2 Å². The average molecular weight is 655 g/mol. The van der Waals surface area contributed by atoms with Crippen LogP contribution in [0, 0.1) is 0 Å². The summed E-state index contributed by atoms with van der Waals surface area (Å²) in [5.74, 6) is -3.74. The highest BCUT2D eigenvalue weighted by atomic mass is 32.1. The van der Waals surface area contributed by atoms with Crippen LogP contribution in [0.25, 0.3) is 10.1 Å². The summed E-state index contributed by atoms with van der Waals surface area (Å²) in [5.41, 5.74) is 6.84. The SMILES string of the molecule is CC(=O)O[C@@H](C(=O)Nc1ccc2c(N3C(=O)c4ccccc4C3=O)nsc2c1C(N)=O)[C@H]1OCCN(c2cccc(C3CC3)n2)C1=O. The predicted octanol–water partition coefficient (Wildman–Crippen LogP) is 2.77. The standard InChI is InChI=1S/C32H26N6O8S/c1-15(39)46-24(25-32(44)37(13-14-45-25)22-8-4-7-20(34-22)16-9-10-16)29(41)35-21-12-11-19-26(23(21)27(33)40)47-36-28(19)38-30(42)17-5-2-3-6-18(17)31(38)43/h2-8,11-12,16,24-25H,9-10,13-14H2,1H3,(H2,33,40)(H,35,41)/t24-,25-/m1/s1. The fraction of sp³-hybridized carbons (Fsp3) is 0.250. The molecule has 47 heavy (non-hydrogen) atoms. The molecule has 0 bridgehead atoms. The van der Waals surface area contributed by atoms with Gasteiger partial charge in [0.25, 0.3) is 29.5 Å². The molecule has 0 radical (unpaired) electrons. The van der Waals surface area contributed by atoms with E-state index >= 15 is 0 Å². The van der Waals surface area contributed by atoms with Crippen molar-refractivity contribution < 1.29 is 38.2 Å². The van der Waals surface area contributed by atoms with Crippen molar-refractivity contribution >= 4 is 74.4 Å². The van der Waals surface area contributed by atoms with Gasteiger partial charge in [-0.05, 0) is 60.8 Å². The van der Waals surface area contributed by atoms with Crippen molar-refractivity contribution in [1.82, 2.24) is 9.36 Å². The van der Waals surface area contributed by atoms with E-state index in [1.165, 1.54) is 29.2 Å². The van der Waals surface area contributed by atoms with Gasteiger partial charge in [-0.2, -0.15) is 4.37 Å². The first-order chi connectivity index (χ1) is 22.6. The highest BCUT2D eigenvalue weighted by Gasteiger charge is 2.44. The van der Waals surface area contributed by atoms with Crippen LogP contribution in [0.2, 0.25) is 0 Å². The topological polar surface area (TPSA) is 191 Å². The Kier molecular flexibility index (Phi) is 7.48. The molecule has 0 unspecified atom stereocenters. The molecule has 2 aliphatic heterocycles. The Hall–Kier alpha value is -5.54. The molecule has 2 atom stereocenters. The van der Waals surface area contributed by atoms with E-state index in [2.05, 4.69) is 14.7 Å². The molecule has 1 saturated carbocycles. The van der Waals surface area contributed by atoms with Gasteiger partial charge in [0.2, 0.25) is 6.10 Å². The molecular weight excluding hydrogens is 628 g/mol. The number of nitrogens with zero attached hydrogens (tertiary/aromatic N) is 4. The maximum Gasteiger partial charge on any atom is 0.303 e. The Bertz CT molecular complexity index is 1990. The summed E-state index contributed by atoms with van der Waals surface area (Å²) in [5, 5.41) is 2.83. The molecule has 238 valence electrons. The van der Waals surface area contributed by atoms with Crippen LogP contribution in [0.4, 0.5) is 17.3 Å². The van der Waals surface area contributed by atoms with Crippen molar-refractivity contribution in [3.63, 3.8) is 0 Å². The first-order valence-electron chi connectivity index (χ1n) is 14.7. The molecule has 3 N–H and O–H groups in total. The molecule has 14 nitrogen and oxygen atoms in total. The number of nitrogens with one attached hydrogen (secondary N) is 1. The van der Waals surface area contributed by atoms with Crippen molar-refractivity contribution in [3.05, 3.63) is 77.0 Å². The molecule has 1 saturated heterocycles. The number of anilines is 3. The molecule has 7 rings (SSSR count). The summed E-state index contributed by atoms with van der Waals surface area (Å²) >= 11 is 0.807. The molecule has 4 heterocycles. The van der Waals surface area contributed by atoms with Gasteiger partial charge in [0.1, 0.15) is 5.82 Å². The van der Waals surface area contributed by atoms with Gasteiger partial charge in [-0.3, -0.25) is 33.7 Å². The van der Waals surface area contributed by atoms with Crippen molar-refractivity contribution in [1.29, 1.82) is 0 Å². The summed E-state index contributed by atoms with van der Waals surface area (Å²) in [6.07, 6.45) is -1.20. The lowest BCUT2D eigenvalue weighted by molar-refractivity contribution is -0.167. The van der Waals surface area contributed by atoms with E-state index in [9.17, 15) is 28.8 Å². The van der Waals surface area contributed by atoms with Crippen LogP contribution in [0.15, 0.2) is 54.6 Å². The summed E-state index contributed by atoms with van der Waals surface area (Å²) in [4.78, 5) is 85.4. The van der Waals surface area contributed by atoms with Crippen molar-refractivity contribution in [2.75, 3.05) is 28.3 Å². The molecule has 5 amide bonds. The lowest BCUT2D eigenvalue weighted by atomic mass is 10.1. The molecule has 3 aliphatic rings. The molecular formula is C32H26N6O8S. The van der Waals surface area contributed by atoms with E-state index < -0.39 is 47.7 Å². The van der Waals surface area contributed by atoms with Gasteiger partial charge in [0.05, 0.1) is 40.2 Å². The maximum atomic E-state index is 13.7. The fourth-order valence-electron chi connectivity index (χ4n) is 5.77. The maximum absolute atomic E-state index is 13.7. The summed E-state index contributed by atoms with van der Waals surface area (Å²) in [6.45, 7) is 1.30. The monoisotopic (exact) mass is 654 g/mol. The Labute approximate surface area is 270 Å². The third-order valence-electron chi connectivity index (χ3n) is 8.11. The molecule has 2 aromatic heterocycles. The van der Waals surface area contributed by atoms with E-state index in [0.717, 1.165) is 41.9 Å². The van der Waals surface area contributed by atoms with Gasteiger partial charge in [0, 0.05) is 23.9 Å². The number of fused-ring (bicyclic) bond motifs is 2. The second-order valence-electron chi connectivity index (χ2n) is 11.2. The molecule has 15 heteroatoms. The number of rotatable bonds is 8. The molecule has 2 aromatic carbocycles. The zero-order valence-corrected chi connectivity index (χ0v) is 25.6. The van der Waals surface area contributed by atoms with Crippen LogP contribution < -0.4 is 20.9 Å². The third-order valence-corrected chi connectivity index (χ3v) is 8.98. The highest BCUT2D eigenvalue weighted by Crippen LogP contribution is 2.40. The van der Waals surface area contributed by atoms with E-state index in [-0.39, 0.29) is 51.4 Å². The Morgan fingerprint density at radius 2 is 1.74 bits per heavy atom. The number of amides is 5. The van der Waals surface area contributed by atoms with Crippen LogP contribution >= 0.6 is 11.5 Å². The van der Waals surface area contributed by atoms with Gasteiger partial charge in [0.15, 0.2) is 11.9 Å². The fourth-order valence-corrected chi connectivity index (χ4v) is 6.68. The van der Waals surface area contributed by atoms with E-state index in [0.29, 0.717) is 11.7 Å². The number of hydrogen-bond acceptors (Lipinski definition) is 11. The number of morpholine rings is 1. The van der Waals surface area contributed by atoms with Crippen LogP contribution in [0.5, 0.6) is 0 Å². The second kappa shape index (κ2) is 11.7. The zero-order chi connectivity index (χ0) is 33.0. The summed E-state index contributed by atoms with van der Waals surface area (Å²) < 4.78 is 15.5. The highest BCUT2D eigenvalue weighted by molar-refractivity contribution is 7.14. The first kappa shape index (κ1) is 30.1.